The van der Waals surface area contributed by atoms with Gasteiger partial charge >= 0.3 is 6.18 Å². The lowest BCUT2D eigenvalue weighted by atomic mass is 9.86. The second-order valence-electron chi connectivity index (χ2n) is 8.80. The number of hydrogen-bond acceptors (Lipinski definition) is 10. The number of hydrogen-bond donors (Lipinski definition) is 3. The summed E-state index contributed by atoms with van der Waals surface area (Å²) in [4.78, 5) is 20.8. The highest BCUT2D eigenvalue weighted by Crippen LogP contribution is 2.68. The van der Waals surface area contributed by atoms with E-state index in [9.17, 15) is 18.3 Å². The second kappa shape index (κ2) is 8.70. The van der Waals surface area contributed by atoms with Crippen molar-refractivity contribution < 1.29 is 27.4 Å². The van der Waals surface area contributed by atoms with Crippen LogP contribution in [-0.2, 0) is 5.54 Å². The number of alkyl halides is 3. The number of thioether (sulfide) groups is 1. The van der Waals surface area contributed by atoms with Gasteiger partial charge in [-0.15, -0.1) is 6.42 Å². The summed E-state index contributed by atoms with van der Waals surface area (Å²) in [5, 5.41) is 12.9. The number of pyridine rings is 2. The highest BCUT2D eigenvalue weighted by atomic mass is 32.2. The minimum Gasteiger partial charge on any atom is -0.479 e. The molecule has 14 heteroatoms. The number of halogens is 4. The van der Waals surface area contributed by atoms with Crippen molar-refractivity contribution in [1.29, 1.82) is 0 Å². The van der Waals surface area contributed by atoms with Gasteiger partial charge in [0.05, 0.1) is 33.9 Å². The molecule has 1 aliphatic carbocycles. The average Bonchev–Trinajstić information content (AvgIpc) is 3.59. The molecule has 5 rings (SSSR count). The van der Waals surface area contributed by atoms with E-state index in [4.69, 9.17) is 16.9 Å². The van der Waals surface area contributed by atoms with E-state index < -0.39 is 34.4 Å². The molecule has 4 heterocycles. The van der Waals surface area contributed by atoms with Crippen molar-refractivity contribution in [2.24, 2.45) is 16.6 Å². The molecule has 0 spiro atoms. The Kier molecular flexibility index (Phi) is 5.87. The van der Waals surface area contributed by atoms with Gasteiger partial charge in [0.25, 0.3) is 0 Å². The predicted molar refractivity (Wildman–Crippen MR) is 129 cm³/mol. The summed E-state index contributed by atoms with van der Waals surface area (Å²) in [6.07, 6.45) is 1.57. The lowest BCUT2D eigenvalue weighted by Gasteiger charge is -2.36. The van der Waals surface area contributed by atoms with E-state index in [0.717, 1.165) is 0 Å². The van der Waals surface area contributed by atoms with Crippen LogP contribution in [0.5, 0.6) is 5.75 Å². The third kappa shape index (κ3) is 4.27. The Balaban J connectivity index is 1.49. The number of fused-ring (bicyclic) bond motifs is 2. The molecule has 1 aliphatic heterocycles. The van der Waals surface area contributed by atoms with Gasteiger partial charge in [-0.05, 0) is 19.4 Å². The van der Waals surface area contributed by atoms with Crippen LogP contribution >= 0.6 is 11.8 Å². The van der Waals surface area contributed by atoms with E-state index in [2.05, 4.69) is 36.2 Å². The van der Waals surface area contributed by atoms with Crippen LogP contribution in [0.2, 0.25) is 0 Å². The molecule has 0 bridgehead atoms. The van der Waals surface area contributed by atoms with Crippen LogP contribution in [0.3, 0.4) is 0 Å². The molecule has 1 fully saturated rings. The molecule has 0 radical (unpaired) electrons. The minimum atomic E-state index is -4.87. The number of rotatable bonds is 6. The third-order valence-electron chi connectivity index (χ3n) is 6.46. The zero-order valence-electron chi connectivity index (χ0n) is 19.1. The van der Waals surface area contributed by atoms with Gasteiger partial charge in [-0.1, -0.05) is 17.7 Å². The average molecular weight is 534 g/mol. The number of aliphatic hydroxyl groups is 1. The van der Waals surface area contributed by atoms with Gasteiger partial charge < -0.3 is 20.9 Å². The summed E-state index contributed by atoms with van der Waals surface area (Å²) in [6.45, 7) is 1.54. The maximum atomic E-state index is 15.0. The van der Waals surface area contributed by atoms with Crippen molar-refractivity contribution in [3.63, 3.8) is 0 Å². The number of nitrogens with two attached hydrogens (primary N) is 1. The van der Waals surface area contributed by atoms with E-state index in [1.807, 2.05) is 0 Å². The molecule has 192 valence electrons. The van der Waals surface area contributed by atoms with Crippen molar-refractivity contribution in [2.75, 3.05) is 11.9 Å². The van der Waals surface area contributed by atoms with E-state index in [-0.39, 0.29) is 35.3 Å². The number of nitrogens with zero attached hydrogens (tertiary/aromatic N) is 5. The van der Waals surface area contributed by atoms with Crippen LogP contribution in [0.4, 0.5) is 29.1 Å². The van der Waals surface area contributed by atoms with Crippen LogP contribution < -0.4 is 15.8 Å². The largest absolute Gasteiger partial charge is 0.479 e. The molecule has 4 atom stereocenters. The standard InChI is InChI=1S/C23H19F4N7O2S/c1-3-4-36-12-6-14-16(29-9-12)18(32-10-31-14)33-11-5-13(17(24)30-8-11)21(2)15-7-22(15,37-20(28)34-21)19(35)23(25,26)27/h1,5-6,8-10,15,19,35H,4,7H2,2H3,(H2,28,34)(H,31,32,33)/t15-,19+,21+,22+/m0/s1. The third-order valence-corrected chi connectivity index (χ3v) is 7.82. The molecule has 3 aromatic heterocycles. The van der Waals surface area contributed by atoms with Crippen LogP contribution in [0.1, 0.15) is 18.9 Å². The van der Waals surface area contributed by atoms with E-state index in [1.165, 1.54) is 31.7 Å². The van der Waals surface area contributed by atoms with Gasteiger partial charge in [0.2, 0.25) is 5.95 Å². The van der Waals surface area contributed by atoms with E-state index >= 15 is 4.39 Å². The summed E-state index contributed by atoms with van der Waals surface area (Å²) in [7, 11) is 0. The van der Waals surface area contributed by atoms with Gasteiger partial charge in [0, 0.05) is 17.5 Å². The molecular formula is C23H19F4N7O2S. The molecule has 2 aliphatic rings. The molecule has 0 aromatic carbocycles. The van der Waals surface area contributed by atoms with Crippen LogP contribution in [0.25, 0.3) is 11.0 Å². The highest BCUT2D eigenvalue weighted by molar-refractivity contribution is 8.15. The molecule has 9 nitrogen and oxygen atoms in total. The molecule has 4 N–H and O–H groups in total. The fourth-order valence-corrected chi connectivity index (χ4v) is 6.18. The van der Waals surface area contributed by atoms with Gasteiger partial charge in [-0.2, -0.15) is 17.6 Å². The first-order valence-electron chi connectivity index (χ1n) is 10.9. The van der Waals surface area contributed by atoms with E-state index in [1.54, 1.807) is 6.07 Å². The second-order valence-corrected chi connectivity index (χ2v) is 10.2. The molecule has 0 unspecified atom stereocenters. The normalized spacial score (nSPS) is 25.5. The Bertz CT molecular complexity index is 1460. The van der Waals surface area contributed by atoms with Gasteiger partial charge in [0.1, 0.15) is 24.2 Å². The summed E-state index contributed by atoms with van der Waals surface area (Å²) in [5.74, 6) is 1.29. The SMILES string of the molecule is C#CCOc1cnc2c(Nc3cnc(F)c([C@@]4(C)N=C(N)S[C@]5([C@@H](O)C(F)(F)F)C[C@H]54)c3)ncnc2c1. The monoisotopic (exact) mass is 533 g/mol. The molecule has 37 heavy (non-hydrogen) atoms. The Labute approximate surface area is 212 Å². The summed E-state index contributed by atoms with van der Waals surface area (Å²) >= 11 is 0.668. The number of nitrogens with one attached hydrogen (secondary N) is 1. The molecular weight excluding hydrogens is 514 g/mol. The van der Waals surface area contributed by atoms with Crippen molar-refractivity contribution in [1.82, 2.24) is 19.9 Å². The predicted octanol–water partition coefficient (Wildman–Crippen LogP) is 3.27. The number of ether oxygens (including phenoxy) is 1. The maximum absolute atomic E-state index is 15.0. The number of aliphatic imine (C=N–C) groups is 1. The summed E-state index contributed by atoms with van der Waals surface area (Å²) in [6, 6.07) is 3.01. The smallest absolute Gasteiger partial charge is 0.415 e. The first kappa shape index (κ1) is 25.0. The Hall–Kier alpha value is -3.70. The van der Waals surface area contributed by atoms with Gasteiger partial charge in [-0.25, -0.2) is 19.9 Å². The number of terminal acetylenes is 1. The molecule has 0 amide bonds. The zero-order valence-corrected chi connectivity index (χ0v) is 19.9. The van der Waals surface area contributed by atoms with Crippen molar-refractivity contribution >= 4 is 39.5 Å². The number of aromatic nitrogens is 4. The summed E-state index contributed by atoms with van der Waals surface area (Å²) < 4.78 is 58.9. The summed E-state index contributed by atoms with van der Waals surface area (Å²) in [5.41, 5.74) is 5.41. The lowest BCUT2D eigenvalue weighted by Crippen LogP contribution is -2.47. The Morgan fingerprint density at radius 2 is 2.08 bits per heavy atom. The molecule has 0 saturated heterocycles. The van der Waals surface area contributed by atoms with Gasteiger partial charge in [-0.3, -0.25) is 4.99 Å². The highest BCUT2D eigenvalue weighted by Gasteiger charge is 2.74. The fourth-order valence-electron chi connectivity index (χ4n) is 4.68. The van der Waals surface area contributed by atoms with Crippen LogP contribution in [0, 0.1) is 24.2 Å². The van der Waals surface area contributed by atoms with Crippen LogP contribution in [0.15, 0.2) is 35.8 Å². The first-order chi connectivity index (χ1) is 17.5. The maximum Gasteiger partial charge on any atom is 0.415 e. The van der Waals surface area contributed by atoms with E-state index in [0.29, 0.717) is 28.5 Å². The van der Waals surface area contributed by atoms with Crippen LogP contribution in [-0.4, -0.2) is 53.8 Å². The van der Waals surface area contributed by atoms with Crippen molar-refractivity contribution in [3.05, 3.63) is 42.4 Å². The minimum absolute atomic E-state index is 0.0549. The molecule has 3 aromatic rings. The fraction of sp³-hybridized carbons (Fsp3) is 0.348. The Morgan fingerprint density at radius 1 is 1.30 bits per heavy atom. The zero-order chi connectivity index (χ0) is 26.6. The number of aliphatic hydroxyl groups excluding tert-OH is 1. The topological polar surface area (TPSA) is 131 Å². The van der Waals surface area contributed by atoms with Gasteiger partial charge in [0.15, 0.2) is 17.1 Å². The van der Waals surface area contributed by atoms with Crippen molar-refractivity contribution in [2.45, 2.75) is 35.9 Å². The Morgan fingerprint density at radius 3 is 2.81 bits per heavy atom. The quantitative estimate of drug-likeness (QED) is 0.248. The van der Waals surface area contributed by atoms with Crippen molar-refractivity contribution in [3.8, 4) is 18.1 Å². The number of amidine groups is 1. The first-order valence-corrected chi connectivity index (χ1v) is 11.7. The lowest BCUT2D eigenvalue weighted by molar-refractivity contribution is -0.207. The molecule has 1 saturated carbocycles. The number of anilines is 2.